The highest BCUT2D eigenvalue weighted by molar-refractivity contribution is 7.21. The van der Waals surface area contributed by atoms with Crippen LogP contribution in [0.15, 0.2) is 18.2 Å². The fraction of sp³-hybridized carbons (Fsp3) is 0.400. The van der Waals surface area contributed by atoms with E-state index in [-0.39, 0.29) is 18.6 Å². The molecule has 1 saturated heterocycles. The van der Waals surface area contributed by atoms with Crippen molar-refractivity contribution >= 4 is 33.0 Å². The molecule has 1 fully saturated rings. The monoisotopic (exact) mass is 306 g/mol. The van der Waals surface area contributed by atoms with E-state index in [1.165, 1.54) is 11.3 Å². The van der Waals surface area contributed by atoms with Crippen molar-refractivity contribution in [2.24, 2.45) is 0 Å². The first kappa shape index (κ1) is 14.3. The van der Waals surface area contributed by atoms with E-state index in [1.54, 1.807) is 4.90 Å². The number of ether oxygens (including phenoxy) is 1. The number of carbonyl (C=O) groups is 1. The summed E-state index contributed by atoms with van der Waals surface area (Å²) in [4.78, 5) is 15.0. The predicted octanol–water partition coefficient (Wildman–Crippen LogP) is 1.63. The van der Waals surface area contributed by atoms with Gasteiger partial charge < -0.3 is 20.5 Å². The number of benzene rings is 1. The van der Waals surface area contributed by atoms with Crippen molar-refractivity contribution in [2.75, 3.05) is 32.1 Å². The second-order valence-electron chi connectivity index (χ2n) is 5.25. The summed E-state index contributed by atoms with van der Waals surface area (Å²) >= 11 is 1.41. The molecule has 5 nitrogen and oxygen atoms in total. The molecule has 0 spiro atoms. The first-order chi connectivity index (χ1) is 10.1. The summed E-state index contributed by atoms with van der Waals surface area (Å²) in [7, 11) is 0. The number of aliphatic hydroxyl groups is 1. The Morgan fingerprint density at radius 2 is 2.38 bits per heavy atom. The molecular weight excluding hydrogens is 288 g/mol. The lowest BCUT2D eigenvalue weighted by Gasteiger charge is -2.34. The highest BCUT2D eigenvalue weighted by atomic mass is 32.1. The van der Waals surface area contributed by atoms with Crippen LogP contribution in [0.4, 0.5) is 5.69 Å². The number of morpholine rings is 1. The molecule has 6 heteroatoms. The maximum absolute atomic E-state index is 12.7. The van der Waals surface area contributed by atoms with Gasteiger partial charge in [0.15, 0.2) is 0 Å². The standard InChI is InChI=1S/C15H18N2O3S/c1-9-2-3-11-12(6-9)21-14(13(11)16)15(19)17-4-5-20-8-10(17)7-18/h2-3,6,10,18H,4-5,7-8,16H2,1H3. The van der Waals surface area contributed by atoms with Crippen molar-refractivity contribution in [1.82, 2.24) is 4.90 Å². The van der Waals surface area contributed by atoms with Gasteiger partial charge in [-0.15, -0.1) is 11.3 Å². The van der Waals surface area contributed by atoms with Gasteiger partial charge >= 0.3 is 0 Å². The first-order valence-corrected chi connectivity index (χ1v) is 7.71. The molecule has 3 rings (SSSR count). The van der Waals surface area contributed by atoms with Gasteiger partial charge in [0.05, 0.1) is 31.5 Å². The number of rotatable bonds is 2. The summed E-state index contributed by atoms with van der Waals surface area (Å²) in [6, 6.07) is 5.69. The van der Waals surface area contributed by atoms with Crippen molar-refractivity contribution < 1.29 is 14.6 Å². The van der Waals surface area contributed by atoms with E-state index in [0.717, 1.165) is 15.6 Å². The molecule has 1 amide bonds. The van der Waals surface area contributed by atoms with Crippen LogP contribution in [0.5, 0.6) is 0 Å². The average molecular weight is 306 g/mol. The normalized spacial score (nSPS) is 19.1. The number of anilines is 1. The van der Waals surface area contributed by atoms with Gasteiger partial charge in [0.2, 0.25) is 0 Å². The van der Waals surface area contributed by atoms with Crippen LogP contribution in [0.3, 0.4) is 0 Å². The Kier molecular flexibility index (Phi) is 3.84. The molecule has 1 aromatic heterocycles. The van der Waals surface area contributed by atoms with Gasteiger partial charge in [0.25, 0.3) is 5.91 Å². The van der Waals surface area contributed by atoms with Crippen LogP contribution in [-0.4, -0.2) is 48.3 Å². The molecule has 0 radical (unpaired) electrons. The number of nitrogens with zero attached hydrogens (tertiary/aromatic N) is 1. The topological polar surface area (TPSA) is 75.8 Å². The minimum atomic E-state index is -0.294. The lowest BCUT2D eigenvalue weighted by atomic mass is 10.1. The zero-order chi connectivity index (χ0) is 15.0. The van der Waals surface area contributed by atoms with Crippen molar-refractivity contribution in [1.29, 1.82) is 0 Å². The quantitative estimate of drug-likeness (QED) is 0.884. The van der Waals surface area contributed by atoms with Gasteiger partial charge in [0.1, 0.15) is 4.88 Å². The lowest BCUT2D eigenvalue weighted by molar-refractivity contribution is -0.0181. The molecule has 2 heterocycles. The fourth-order valence-electron chi connectivity index (χ4n) is 2.59. The van der Waals surface area contributed by atoms with E-state index in [2.05, 4.69) is 0 Å². The Bertz CT molecular complexity index is 683. The highest BCUT2D eigenvalue weighted by Gasteiger charge is 2.30. The highest BCUT2D eigenvalue weighted by Crippen LogP contribution is 2.35. The first-order valence-electron chi connectivity index (χ1n) is 6.90. The molecule has 1 unspecified atom stereocenters. The number of aryl methyl sites for hydroxylation is 1. The van der Waals surface area contributed by atoms with Crippen LogP contribution in [0.1, 0.15) is 15.2 Å². The van der Waals surface area contributed by atoms with Gasteiger partial charge in [-0.3, -0.25) is 4.79 Å². The number of nitrogen functional groups attached to an aromatic ring is 1. The van der Waals surface area contributed by atoms with Crippen LogP contribution in [-0.2, 0) is 4.74 Å². The van der Waals surface area contributed by atoms with Crippen LogP contribution in [0, 0.1) is 6.92 Å². The Hall–Kier alpha value is -1.63. The van der Waals surface area contributed by atoms with Crippen molar-refractivity contribution in [3.05, 3.63) is 28.6 Å². The molecule has 1 aliphatic heterocycles. The summed E-state index contributed by atoms with van der Waals surface area (Å²) in [5.74, 6) is -0.117. The maximum atomic E-state index is 12.7. The summed E-state index contributed by atoms with van der Waals surface area (Å²) < 4.78 is 6.33. The smallest absolute Gasteiger partial charge is 0.266 e. The second-order valence-corrected chi connectivity index (χ2v) is 6.31. The molecule has 1 aromatic carbocycles. The minimum absolute atomic E-state index is 0.102. The summed E-state index contributed by atoms with van der Waals surface area (Å²) in [5.41, 5.74) is 7.82. The van der Waals surface area contributed by atoms with Crippen molar-refractivity contribution in [3.63, 3.8) is 0 Å². The van der Waals surface area contributed by atoms with Crippen LogP contribution >= 0.6 is 11.3 Å². The fourth-order valence-corrected chi connectivity index (χ4v) is 3.76. The van der Waals surface area contributed by atoms with Gasteiger partial charge in [-0.05, 0) is 18.6 Å². The summed E-state index contributed by atoms with van der Waals surface area (Å²) in [6.45, 7) is 3.26. The number of fused-ring (bicyclic) bond motifs is 1. The van der Waals surface area contributed by atoms with Crippen LogP contribution < -0.4 is 5.73 Å². The third-order valence-corrected chi connectivity index (χ3v) is 4.93. The van der Waals surface area contributed by atoms with E-state index in [4.69, 9.17) is 10.5 Å². The molecular formula is C15H18N2O3S. The number of nitrogens with two attached hydrogens (primary N) is 1. The SMILES string of the molecule is Cc1ccc2c(N)c(C(=O)N3CCOCC3CO)sc2c1. The number of hydrogen-bond donors (Lipinski definition) is 2. The molecule has 3 N–H and O–H groups in total. The molecule has 21 heavy (non-hydrogen) atoms. The van der Waals surface area contributed by atoms with E-state index in [9.17, 15) is 9.90 Å². The maximum Gasteiger partial charge on any atom is 0.266 e. The van der Waals surface area contributed by atoms with E-state index < -0.39 is 0 Å². The lowest BCUT2D eigenvalue weighted by Crippen LogP contribution is -2.50. The molecule has 1 atom stereocenters. The molecule has 2 aromatic rings. The van der Waals surface area contributed by atoms with Gasteiger partial charge in [-0.25, -0.2) is 0 Å². The van der Waals surface area contributed by atoms with E-state index >= 15 is 0 Å². The number of aliphatic hydroxyl groups excluding tert-OH is 1. The Balaban J connectivity index is 1.99. The number of thiophene rings is 1. The molecule has 0 aliphatic carbocycles. The van der Waals surface area contributed by atoms with Crippen molar-refractivity contribution in [2.45, 2.75) is 13.0 Å². The largest absolute Gasteiger partial charge is 0.397 e. The van der Waals surface area contributed by atoms with E-state index in [0.29, 0.717) is 30.3 Å². The number of amides is 1. The molecule has 1 aliphatic rings. The minimum Gasteiger partial charge on any atom is -0.397 e. The third-order valence-electron chi connectivity index (χ3n) is 3.78. The molecule has 112 valence electrons. The van der Waals surface area contributed by atoms with E-state index in [1.807, 2.05) is 25.1 Å². The van der Waals surface area contributed by atoms with Crippen LogP contribution in [0.2, 0.25) is 0 Å². The summed E-state index contributed by atoms with van der Waals surface area (Å²) in [6.07, 6.45) is 0. The number of carbonyl (C=O) groups excluding carboxylic acids is 1. The zero-order valence-electron chi connectivity index (χ0n) is 11.8. The van der Waals surface area contributed by atoms with Gasteiger partial charge in [-0.1, -0.05) is 12.1 Å². The summed E-state index contributed by atoms with van der Waals surface area (Å²) in [5, 5.41) is 10.3. The Morgan fingerprint density at radius 1 is 1.57 bits per heavy atom. The van der Waals surface area contributed by atoms with Gasteiger partial charge in [0, 0.05) is 16.6 Å². The predicted molar refractivity (Wildman–Crippen MR) is 83.7 cm³/mol. The van der Waals surface area contributed by atoms with Gasteiger partial charge in [-0.2, -0.15) is 0 Å². The average Bonchev–Trinajstić information content (AvgIpc) is 2.82. The van der Waals surface area contributed by atoms with Crippen molar-refractivity contribution in [3.8, 4) is 0 Å². The van der Waals surface area contributed by atoms with Crippen LogP contribution in [0.25, 0.3) is 10.1 Å². The Labute approximate surface area is 126 Å². The zero-order valence-corrected chi connectivity index (χ0v) is 12.7. The molecule has 0 saturated carbocycles. The second kappa shape index (κ2) is 5.63. The Morgan fingerprint density at radius 3 is 3.14 bits per heavy atom. The number of hydrogen-bond acceptors (Lipinski definition) is 5. The molecule has 0 bridgehead atoms. The third kappa shape index (κ3) is 2.50.